The summed E-state index contributed by atoms with van der Waals surface area (Å²) in [6.45, 7) is 7.34. The molecule has 9 nitrogen and oxygen atoms in total. The molecule has 0 bridgehead atoms. The quantitative estimate of drug-likeness (QED) is 0.387. The molecule has 0 saturated carbocycles. The molecule has 1 N–H and O–H groups in total. The van der Waals surface area contributed by atoms with Gasteiger partial charge in [0.25, 0.3) is 0 Å². The van der Waals surface area contributed by atoms with Crippen molar-refractivity contribution < 1.29 is 24.1 Å². The van der Waals surface area contributed by atoms with Gasteiger partial charge in [0, 0.05) is 58.5 Å². The van der Waals surface area contributed by atoms with Crippen molar-refractivity contribution in [3.05, 3.63) is 72.1 Å². The molecule has 9 heteroatoms. The van der Waals surface area contributed by atoms with Gasteiger partial charge in [0.2, 0.25) is 5.91 Å². The summed E-state index contributed by atoms with van der Waals surface area (Å²) in [4.78, 5) is 16.1. The summed E-state index contributed by atoms with van der Waals surface area (Å²) in [5, 5.41) is 15.8. The molecular formula is C29H38N4O5. The Labute approximate surface area is 224 Å². The van der Waals surface area contributed by atoms with Crippen LogP contribution in [0.15, 0.2) is 60.9 Å². The number of aryl methyl sites for hydroxylation is 2. The van der Waals surface area contributed by atoms with Crippen LogP contribution in [0.25, 0.3) is 0 Å². The Morgan fingerprint density at radius 3 is 2.61 bits per heavy atom. The summed E-state index contributed by atoms with van der Waals surface area (Å²) in [6, 6.07) is 15.5. The minimum absolute atomic E-state index is 0.0589. The molecule has 1 amide bonds. The molecule has 2 heterocycles. The van der Waals surface area contributed by atoms with Crippen molar-refractivity contribution in [1.82, 2.24) is 19.6 Å². The Hall–Kier alpha value is -3.56. The fourth-order valence-electron chi connectivity index (χ4n) is 4.62. The van der Waals surface area contributed by atoms with Crippen LogP contribution in [0.4, 0.5) is 0 Å². The summed E-state index contributed by atoms with van der Waals surface area (Å²) in [5.74, 6) is 1.99. The second kappa shape index (κ2) is 12.8. The Kier molecular flexibility index (Phi) is 9.25. The van der Waals surface area contributed by atoms with Crippen molar-refractivity contribution in [1.29, 1.82) is 0 Å². The third kappa shape index (κ3) is 7.72. The van der Waals surface area contributed by atoms with Crippen LogP contribution in [-0.2, 0) is 17.9 Å². The van der Waals surface area contributed by atoms with E-state index in [0.29, 0.717) is 50.0 Å². The summed E-state index contributed by atoms with van der Waals surface area (Å²) >= 11 is 0. The fourth-order valence-corrected chi connectivity index (χ4v) is 4.62. The van der Waals surface area contributed by atoms with Crippen molar-refractivity contribution in [3.63, 3.8) is 0 Å². The van der Waals surface area contributed by atoms with Crippen LogP contribution in [0.1, 0.15) is 24.5 Å². The first-order chi connectivity index (χ1) is 18.3. The number of carbonyl (C=O) groups excluding carboxylic acids is 1. The van der Waals surface area contributed by atoms with E-state index in [2.05, 4.69) is 10.00 Å². The molecular weight excluding hydrogens is 484 g/mol. The summed E-state index contributed by atoms with van der Waals surface area (Å²) in [6.07, 6.45) is 4.53. The van der Waals surface area contributed by atoms with E-state index in [0.717, 1.165) is 24.1 Å². The van der Waals surface area contributed by atoms with Gasteiger partial charge in [0.1, 0.15) is 18.0 Å². The summed E-state index contributed by atoms with van der Waals surface area (Å²) < 4.78 is 19.4. The van der Waals surface area contributed by atoms with Crippen molar-refractivity contribution in [2.45, 2.75) is 39.0 Å². The number of aliphatic hydroxyl groups is 1. The topological polar surface area (TPSA) is 89.3 Å². The maximum absolute atomic E-state index is 12.2. The number of hydrogen-bond acceptors (Lipinski definition) is 7. The smallest absolute Gasteiger partial charge is 0.219 e. The number of amides is 1. The molecule has 1 aliphatic rings. The Bertz CT molecular complexity index is 1170. The third-order valence-electron chi connectivity index (χ3n) is 6.65. The van der Waals surface area contributed by atoms with Crippen molar-refractivity contribution in [3.8, 4) is 17.2 Å². The Morgan fingerprint density at radius 1 is 1.08 bits per heavy atom. The molecule has 1 saturated heterocycles. The predicted octanol–water partition coefficient (Wildman–Crippen LogP) is 3.14. The van der Waals surface area contributed by atoms with Crippen molar-refractivity contribution in [2.24, 2.45) is 0 Å². The number of ether oxygens (including phenoxy) is 3. The monoisotopic (exact) mass is 522 g/mol. The number of nitrogens with zero attached hydrogens (tertiary/aromatic N) is 4. The van der Waals surface area contributed by atoms with E-state index in [9.17, 15) is 9.90 Å². The van der Waals surface area contributed by atoms with Crippen LogP contribution in [0, 0.1) is 6.92 Å². The van der Waals surface area contributed by atoms with Gasteiger partial charge in [-0.3, -0.25) is 14.4 Å². The van der Waals surface area contributed by atoms with Gasteiger partial charge in [0.15, 0.2) is 11.5 Å². The average Bonchev–Trinajstić information content (AvgIpc) is 3.36. The molecule has 2 aromatic carbocycles. The maximum atomic E-state index is 12.2. The lowest BCUT2D eigenvalue weighted by atomic mass is 10.0. The van der Waals surface area contributed by atoms with Crippen molar-refractivity contribution >= 4 is 5.91 Å². The highest BCUT2D eigenvalue weighted by molar-refractivity contribution is 5.73. The number of hydrogen-bond donors (Lipinski definition) is 1. The number of carbonyl (C=O) groups is 1. The summed E-state index contributed by atoms with van der Waals surface area (Å²) in [7, 11) is 1.63. The Morgan fingerprint density at radius 2 is 1.89 bits per heavy atom. The first-order valence-corrected chi connectivity index (χ1v) is 13.0. The molecule has 0 spiro atoms. The van der Waals surface area contributed by atoms with Gasteiger partial charge >= 0.3 is 0 Å². The highest BCUT2D eigenvalue weighted by atomic mass is 16.5. The van der Waals surface area contributed by atoms with Crippen LogP contribution in [-0.4, -0.2) is 82.7 Å². The largest absolute Gasteiger partial charge is 0.493 e. The molecule has 3 aromatic rings. The van der Waals surface area contributed by atoms with Crippen LogP contribution in [0.3, 0.4) is 0 Å². The van der Waals surface area contributed by atoms with Crippen LogP contribution >= 0.6 is 0 Å². The zero-order valence-electron chi connectivity index (χ0n) is 22.5. The van der Waals surface area contributed by atoms with Crippen molar-refractivity contribution in [2.75, 3.05) is 46.5 Å². The molecule has 4 rings (SSSR count). The normalized spacial score (nSPS) is 18.2. The predicted molar refractivity (Wildman–Crippen MR) is 144 cm³/mol. The minimum Gasteiger partial charge on any atom is -0.493 e. The standard InChI is InChI=1S/C29H38N4O5/c1-23-6-9-26(10-7-23)38-22-29(35)20-31(15-16-32(21-29)24(2)34)19-25-8-11-27(28(18-25)36-3)37-17-5-14-33-13-4-12-30-33/h4,6-13,18,35H,5,14-17,19-22H2,1-3H3. The lowest BCUT2D eigenvalue weighted by molar-refractivity contribution is -0.132. The van der Waals surface area contributed by atoms with Crippen LogP contribution in [0.2, 0.25) is 0 Å². The second-order valence-electron chi connectivity index (χ2n) is 9.93. The molecule has 1 aliphatic heterocycles. The zero-order valence-corrected chi connectivity index (χ0v) is 22.5. The van der Waals surface area contributed by atoms with E-state index in [4.69, 9.17) is 14.2 Å². The van der Waals surface area contributed by atoms with E-state index in [1.807, 2.05) is 66.3 Å². The van der Waals surface area contributed by atoms with Crippen LogP contribution in [0.5, 0.6) is 17.2 Å². The van der Waals surface area contributed by atoms with Gasteiger partial charge in [-0.1, -0.05) is 23.8 Å². The first-order valence-electron chi connectivity index (χ1n) is 13.0. The van der Waals surface area contributed by atoms with Gasteiger partial charge in [-0.05, 0) is 42.8 Å². The number of benzene rings is 2. The number of β-amino-alcohol motifs (C(OH)–C–C–N with tert-alkyl or cyclic N) is 1. The van der Waals surface area contributed by atoms with E-state index in [1.165, 1.54) is 6.92 Å². The second-order valence-corrected chi connectivity index (χ2v) is 9.93. The minimum atomic E-state index is -1.21. The highest BCUT2D eigenvalue weighted by Crippen LogP contribution is 2.29. The van der Waals surface area contributed by atoms with Gasteiger partial charge < -0.3 is 24.2 Å². The first kappa shape index (κ1) is 27.5. The fraction of sp³-hybridized carbons (Fsp3) is 0.448. The molecule has 1 atom stereocenters. The zero-order chi connectivity index (χ0) is 27.0. The molecule has 0 radical (unpaired) electrons. The molecule has 0 aliphatic carbocycles. The van der Waals surface area contributed by atoms with Gasteiger partial charge in [-0.2, -0.15) is 5.10 Å². The van der Waals surface area contributed by atoms with Gasteiger partial charge in [0.05, 0.1) is 20.3 Å². The Balaban J connectivity index is 1.39. The number of methoxy groups -OCH3 is 1. The molecule has 204 valence electrons. The van der Waals surface area contributed by atoms with E-state index < -0.39 is 5.60 Å². The lowest BCUT2D eigenvalue weighted by Gasteiger charge is -2.32. The SMILES string of the molecule is COc1cc(CN2CCN(C(C)=O)CC(O)(COc3ccc(C)cc3)C2)ccc1OCCCn1cccn1. The molecule has 1 fully saturated rings. The van der Waals surface area contributed by atoms with Gasteiger partial charge in [-0.25, -0.2) is 0 Å². The molecule has 1 aromatic heterocycles. The van der Waals surface area contributed by atoms with Crippen LogP contribution < -0.4 is 14.2 Å². The molecule has 1 unspecified atom stereocenters. The highest BCUT2D eigenvalue weighted by Gasteiger charge is 2.37. The average molecular weight is 523 g/mol. The van der Waals surface area contributed by atoms with E-state index in [-0.39, 0.29) is 19.1 Å². The summed E-state index contributed by atoms with van der Waals surface area (Å²) in [5.41, 5.74) is 0.957. The third-order valence-corrected chi connectivity index (χ3v) is 6.65. The van der Waals surface area contributed by atoms with E-state index in [1.54, 1.807) is 18.2 Å². The van der Waals surface area contributed by atoms with E-state index >= 15 is 0 Å². The molecule has 38 heavy (non-hydrogen) atoms. The maximum Gasteiger partial charge on any atom is 0.219 e. The number of aromatic nitrogens is 2. The lowest BCUT2D eigenvalue weighted by Crippen LogP contribution is -2.51. The van der Waals surface area contributed by atoms with Gasteiger partial charge in [-0.15, -0.1) is 0 Å². The number of rotatable bonds is 11.